The van der Waals surface area contributed by atoms with Crippen LogP contribution in [0.3, 0.4) is 0 Å². The zero-order valence-corrected chi connectivity index (χ0v) is 22.0. The number of ether oxygens (including phenoxy) is 1. The van der Waals surface area contributed by atoms with Crippen LogP contribution in [0.25, 0.3) is 11.1 Å². The summed E-state index contributed by atoms with van der Waals surface area (Å²) in [5.41, 5.74) is 16.0. The molecule has 4 aromatic carbocycles. The van der Waals surface area contributed by atoms with Gasteiger partial charge in [0.2, 0.25) is 0 Å². The molecule has 1 aliphatic heterocycles. The Balaban J connectivity index is 1.54. The number of hydrogen-bond acceptors (Lipinski definition) is 4. The fourth-order valence-corrected chi connectivity index (χ4v) is 6.34. The largest absolute Gasteiger partial charge is 0.504 e. The van der Waals surface area contributed by atoms with Crippen molar-refractivity contribution < 1.29 is 9.84 Å². The molecule has 0 fully saturated rings. The fraction of sp³-hybridized carbons (Fsp3) is 0.242. The monoisotopic (exact) mass is 503 g/mol. The SMILES string of the molecule is COc1cc(C2Nc3ccc(C(=N)N)cc3C3c4ccccc4CC23)c(-c2ccc(C(C)C)cc2)cc1O. The minimum absolute atomic E-state index is 0.0163. The van der Waals surface area contributed by atoms with Crippen LogP contribution in [-0.4, -0.2) is 18.1 Å². The van der Waals surface area contributed by atoms with E-state index in [4.69, 9.17) is 15.9 Å². The Bertz CT molecular complexity index is 1540. The van der Waals surface area contributed by atoms with E-state index in [0.717, 1.165) is 34.4 Å². The van der Waals surface area contributed by atoms with Gasteiger partial charge >= 0.3 is 0 Å². The Morgan fingerprint density at radius 2 is 1.74 bits per heavy atom. The lowest BCUT2D eigenvalue weighted by molar-refractivity contribution is 0.370. The quantitative estimate of drug-likeness (QED) is 0.175. The third-order valence-electron chi connectivity index (χ3n) is 8.29. The third-order valence-corrected chi connectivity index (χ3v) is 8.29. The first-order valence-corrected chi connectivity index (χ1v) is 13.2. The Morgan fingerprint density at radius 1 is 0.974 bits per heavy atom. The van der Waals surface area contributed by atoms with Gasteiger partial charge in [-0.25, -0.2) is 0 Å². The van der Waals surface area contributed by atoms with Crippen molar-refractivity contribution in [3.05, 3.63) is 112 Å². The summed E-state index contributed by atoms with van der Waals surface area (Å²) < 4.78 is 5.59. The van der Waals surface area contributed by atoms with Crippen LogP contribution in [0.5, 0.6) is 11.5 Å². The normalized spacial score (nSPS) is 19.3. The fourth-order valence-electron chi connectivity index (χ4n) is 6.34. The Morgan fingerprint density at radius 3 is 2.45 bits per heavy atom. The van der Waals surface area contributed by atoms with Gasteiger partial charge in [-0.2, -0.15) is 0 Å². The van der Waals surface area contributed by atoms with Gasteiger partial charge in [0.05, 0.1) is 13.2 Å². The van der Waals surface area contributed by atoms with E-state index in [1.807, 2.05) is 24.3 Å². The molecule has 0 bridgehead atoms. The maximum Gasteiger partial charge on any atom is 0.160 e. The molecule has 5 nitrogen and oxygen atoms in total. The number of phenols is 1. The zero-order chi connectivity index (χ0) is 26.6. The molecular formula is C33H33N3O2. The van der Waals surface area contributed by atoms with Gasteiger partial charge in [0, 0.05) is 17.2 Å². The van der Waals surface area contributed by atoms with Crippen molar-refractivity contribution >= 4 is 11.5 Å². The molecule has 0 saturated carbocycles. The number of hydrogen-bond donors (Lipinski definition) is 4. The number of rotatable bonds is 5. The van der Waals surface area contributed by atoms with Crippen molar-refractivity contribution in [1.82, 2.24) is 0 Å². The topological polar surface area (TPSA) is 91.4 Å². The highest BCUT2D eigenvalue weighted by molar-refractivity contribution is 5.96. The summed E-state index contributed by atoms with van der Waals surface area (Å²) >= 11 is 0. The first-order chi connectivity index (χ1) is 18.4. The average Bonchev–Trinajstić information content (AvgIpc) is 3.32. The van der Waals surface area contributed by atoms with Gasteiger partial charge in [0.1, 0.15) is 5.84 Å². The number of nitrogen functional groups attached to an aromatic ring is 1. The second-order valence-electron chi connectivity index (χ2n) is 10.8. The molecule has 192 valence electrons. The molecule has 2 aliphatic rings. The Hall–Kier alpha value is -4.25. The number of phenolic OH excluding ortho intramolecular Hbond substituents is 1. The van der Waals surface area contributed by atoms with Crippen molar-refractivity contribution in [3.8, 4) is 22.6 Å². The van der Waals surface area contributed by atoms with Gasteiger partial charge in [0.15, 0.2) is 11.5 Å². The van der Waals surface area contributed by atoms with Gasteiger partial charge in [-0.15, -0.1) is 0 Å². The van der Waals surface area contributed by atoms with E-state index < -0.39 is 0 Å². The maximum atomic E-state index is 10.8. The summed E-state index contributed by atoms with van der Waals surface area (Å²) in [7, 11) is 1.59. The van der Waals surface area contributed by atoms with Crippen molar-refractivity contribution in [2.45, 2.75) is 38.1 Å². The molecule has 0 spiro atoms. The smallest absolute Gasteiger partial charge is 0.160 e. The zero-order valence-electron chi connectivity index (χ0n) is 22.0. The van der Waals surface area contributed by atoms with Crippen molar-refractivity contribution in [3.63, 3.8) is 0 Å². The molecule has 38 heavy (non-hydrogen) atoms. The first kappa shape index (κ1) is 24.1. The Kier molecular flexibility index (Phi) is 5.87. The van der Waals surface area contributed by atoms with Gasteiger partial charge in [-0.05, 0) is 87.5 Å². The van der Waals surface area contributed by atoms with Gasteiger partial charge in [-0.1, -0.05) is 62.4 Å². The molecule has 4 aromatic rings. The molecule has 0 radical (unpaired) electrons. The molecule has 1 aliphatic carbocycles. The molecular weight excluding hydrogens is 470 g/mol. The van der Waals surface area contributed by atoms with E-state index in [1.165, 1.54) is 22.3 Å². The lowest BCUT2D eigenvalue weighted by atomic mass is 9.74. The van der Waals surface area contributed by atoms with Crippen LogP contribution in [0.2, 0.25) is 0 Å². The molecule has 3 unspecified atom stereocenters. The number of anilines is 1. The second kappa shape index (κ2) is 9.25. The molecule has 0 amide bonds. The molecule has 3 atom stereocenters. The van der Waals surface area contributed by atoms with E-state index in [-0.39, 0.29) is 29.5 Å². The van der Waals surface area contributed by atoms with Crippen LogP contribution in [-0.2, 0) is 6.42 Å². The van der Waals surface area contributed by atoms with E-state index >= 15 is 0 Å². The summed E-state index contributed by atoms with van der Waals surface area (Å²) in [6, 6.07) is 27.2. The number of nitrogens with one attached hydrogen (secondary N) is 2. The number of methoxy groups -OCH3 is 1. The third kappa shape index (κ3) is 3.90. The number of fused-ring (bicyclic) bond motifs is 5. The van der Waals surface area contributed by atoms with Crippen LogP contribution >= 0.6 is 0 Å². The predicted molar refractivity (Wildman–Crippen MR) is 153 cm³/mol. The second-order valence-corrected chi connectivity index (χ2v) is 10.8. The van der Waals surface area contributed by atoms with Crippen molar-refractivity contribution in [2.24, 2.45) is 11.7 Å². The van der Waals surface area contributed by atoms with E-state index in [1.54, 1.807) is 7.11 Å². The number of aromatic hydroxyl groups is 1. The summed E-state index contributed by atoms with van der Waals surface area (Å²) in [5.74, 6) is 1.53. The minimum Gasteiger partial charge on any atom is -0.504 e. The van der Waals surface area contributed by atoms with Crippen molar-refractivity contribution in [1.29, 1.82) is 5.41 Å². The van der Waals surface area contributed by atoms with Gasteiger partial charge in [-0.3, -0.25) is 5.41 Å². The van der Waals surface area contributed by atoms with Gasteiger partial charge in [0.25, 0.3) is 0 Å². The maximum absolute atomic E-state index is 10.8. The van der Waals surface area contributed by atoms with Crippen LogP contribution in [0.1, 0.15) is 65.1 Å². The molecule has 5 N–H and O–H groups in total. The predicted octanol–water partition coefficient (Wildman–Crippen LogP) is 6.95. The average molecular weight is 504 g/mol. The molecule has 0 aromatic heterocycles. The van der Waals surface area contributed by atoms with E-state index in [0.29, 0.717) is 11.7 Å². The number of amidine groups is 1. The Labute approximate surface area is 223 Å². The highest BCUT2D eigenvalue weighted by Crippen LogP contribution is 2.55. The van der Waals surface area contributed by atoms with E-state index in [9.17, 15) is 5.11 Å². The summed E-state index contributed by atoms with van der Waals surface area (Å²) in [4.78, 5) is 0. The van der Waals surface area contributed by atoms with Crippen LogP contribution < -0.4 is 15.8 Å². The molecule has 5 heteroatoms. The molecule has 6 rings (SSSR count). The van der Waals surface area contributed by atoms with Gasteiger partial charge < -0.3 is 20.9 Å². The van der Waals surface area contributed by atoms with E-state index in [2.05, 4.69) is 73.8 Å². The van der Waals surface area contributed by atoms with Crippen LogP contribution in [0, 0.1) is 11.3 Å². The highest BCUT2D eigenvalue weighted by atomic mass is 16.5. The van der Waals surface area contributed by atoms with Crippen LogP contribution in [0.4, 0.5) is 5.69 Å². The number of benzene rings is 4. The minimum atomic E-state index is -0.0163. The lowest BCUT2D eigenvalue weighted by Crippen LogP contribution is -2.31. The van der Waals surface area contributed by atoms with Crippen molar-refractivity contribution in [2.75, 3.05) is 12.4 Å². The molecule has 1 heterocycles. The summed E-state index contributed by atoms with van der Waals surface area (Å²) in [5, 5.41) is 22.7. The first-order valence-electron chi connectivity index (χ1n) is 13.2. The summed E-state index contributed by atoms with van der Waals surface area (Å²) in [6.45, 7) is 4.39. The lowest BCUT2D eigenvalue weighted by Gasteiger charge is -2.39. The molecule has 0 saturated heterocycles. The highest BCUT2D eigenvalue weighted by Gasteiger charge is 2.44. The van der Waals surface area contributed by atoms with Crippen LogP contribution in [0.15, 0.2) is 78.9 Å². The summed E-state index contributed by atoms with van der Waals surface area (Å²) in [6.07, 6.45) is 0.928. The number of nitrogens with two attached hydrogens (primary N) is 1. The standard InChI is InChI=1S/C33H33N3O2/c1-18(2)19-8-10-20(11-9-19)24-16-29(37)30(38-3)17-25(24)32-27-14-21-6-4-5-7-23(21)31(27)26-15-22(33(34)35)12-13-28(26)36-32/h4-13,15-18,27,31-32,36-37H,14H2,1-3H3,(H3,34,35).